The van der Waals surface area contributed by atoms with Gasteiger partial charge in [0, 0.05) is 12.7 Å². The Labute approximate surface area is 84.7 Å². The normalized spacial score (nSPS) is 19.8. The smallest absolute Gasteiger partial charge is 0.0593 e. The van der Waals surface area contributed by atoms with Crippen molar-refractivity contribution in [3.8, 4) is 0 Å². The summed E-state index contributed by atoms with van der Waals surface area (Å²) in [5.74, 6) is 0.992. The Morgan fingerprint density at radius 3 is 2.77 bits per heavy atom. The molecule has 0 bridgehead atoms. The van der Waals surface area contributed by atoms with E-state index in [9.17, 15) is 0 Å². The zero-order valence-corrected chi connectivity index (χ0v) is 8.93. The van der Waals surface area contributed by atoms with Crippen LogP contribution in [0.15, 0.2) is 12.3 Å². The molecule has 0 saturated heterocycles. The number of rotatable bonds is 3. The number of hydrogen-bond acceptors (Lipinski definition) is 2. The largest absolute Gasteiger partial charge is 0.272 e. The fourth-order valence-corrected chi connectivity index (χ4v) is 2.35. The molecule has 0 aromatic carbocycles. The average Bonchev–Trinajstić information content (AvgIpc) is 2.44. The molecule has 0 atom stereocenters. The predicted octanol–water partition coefficient (Wildman–Crippen LogP) is 2.29. The first kappa shape index (κ1) is 9.13. The third-order valence-corrected chi connectivity index (χ3v) is 3.69. The Morgan fingerprint density at radius 1 is 1.62 bits per heavy atom. The second-order valence-electron chi connectivity index (χ2n) is 4.17. The molecule has 1 aromatic heterocycles. The molecule has 13 heavy (non-hydrogen) atoms. The fourth-order valence-electron chi connectivity index (χ4n) is 1.94. The SMILES string of the molecule is Cc1ccn(CC2(CS)CCC2)n1. The van der Waals surface area contributed by atoms with Crippen molar-refractivity contribution in [2.75, 3.05) is 5.75 Å². The molecule has 1 fully saturated rings. The molecule has 0 unspecified atom stereocenters. The molecule has 0 aliphatic heterocycles. The van der Waals surface area contributed by atoms with Crippen molar-refractivity contribution in [3.05, 3.63) is 18.0 Å². The summed E-state index contributed by atoms with van der Waals surface area (Å²) in [5, 5.41) is 4.41. The maximum absolute atomic E-state index is 4.43. The summed E-state index contributed by atoms with van der Waals surface area (Å²) in [6, 6.07) is 2.06. The van der Waals surface area contributed by atoms with Crippen molar-refractivity contribution in [1.82, 2.24) is 9.78 Å². The highest BCUT2D eigenvalue weighted by atomic mass is 32.1. The Hall–Kier alpha value is -0.440. The first-order valence-corrected chi connectivity index (χ1v) is 5.48. The number of nitrogens with zero attached hydrogens (tertiary/aromatic N) is 2. The van der Waals surface area contributed by atoms with Crippen LogP contribution >= 0.6 is 12.6 Å². The second kappa shape index (κ2) is 3.37. The van der Waals surface area contributed by atoms with Gasteiger partial charge >= 0.3 is 0 Å². The minimum absolute atomic E-state index is 0.446. The summed E-state index contributed by atoms with van der Waals surface area (Å²) in [6.45, 7) is 3.08. The van der Waals surface area contributed by atoms with E-state index in [4.69, 9.17) is 0 Å². The van der Waals surface area contributed by atoms with E-state index in [0.29, 0.717) is 5.41 Å². The van der Waals surface area contributed by atoms with Crippen LogP contribution in [0.1, 0.15) is 25.0 Å². The van der Waals surface area contributed by atoms with Crippen LogP contribution in [0, 0.1) is 12.3 Å². The van der Waals surface area contributed by atoms with E-state index in [1.54, 1.807) is 0 Å². The second-order valence-corrected chi connectivity index (χ2v) is 4.48. The Morgan fingerprint density at radius 2 is 2.38 bits per heavy atom. The van der Waals surface area contributed by atoms with Gasteiger partial charge in [-0.05, 0) is 37.0 Å². The maximum atomic E-state index is 4.43. The molecule has 3 heteroatoms. The average molecular weight is 196 g/mol. The Kier molecular flexibility index (Phi) is 2.37. The molecule has 0 amide bonds. The van der Waals surface area contributed by atoms with Gasteiger partial charge in [-0.15, -0.1) is 0 Å². The van der Waals surface area contributed by atoms with Crippen molar-refractivity contribution in [2.45, 2.75) is 32.7 Å². The molecule has 1 aliphatic rings. The first-order valence-electron chi connectivity index (χ1n) is 4.85. The number of thiol groups is 1. The standard InChI is InChI=1S/C10H16N2S/c1-9-3-6-12(11-9)7-10(8-13)4-2-5-10/h3,6,13H,2,4-5,7-8H2,1H3. The minimum atomic E-state index is 0.446. The first-order chi connectivity index (χ1) is 6.24. The number of hydrogen-bond donors (Lipinski definition) is 1. The molecule has 1 aliphatic carbocycles. The summed E-state index contributed by atoms with van der Waals surface area (Å²) < 4.78 is 2.06. The maximum Gasteiger partial charge on any atom is 0.0593 e. The zero-order valence-electron chi connectivity index (χ0n) is 8.03. The highest BCUT2D eigenvalue weighted by Gasteiger charge is 2.36. The lowest BCUT2D eigenvalue weighted by atomic mass is 9.70. The van der Waals surface area contributed by atoms with Gasteiger partial charge < -0.3 is 0 Å². The molecular weight excluding hydrogens is 180 g/mol. The molecule has 0 spiro atoms. The summed E-state index contributed by atoms with van der Waals surface area (Å²) in [7, 11) is 0. The van der Waals surface area contributed by atoms with Crippen molar-refractivity contribution in [3.63, 3.8) is 0 Å². The van der Waals surface area contributed by atoms with Crippen molar-refractivity contribution in [1.29, 1.82) is 0 Å². The van der Waals surface area contributed by atoms with Crippen LogP contribution in [0.4, 0.5) is 0 Å². The predicted molar refractivity (Wildman–Crippen MR) is 57.1 cm³/mol. The van der Waals surface area contributed by atoms with E-state index in [0.717, 1.165) is 18.0 Å². The van der Waals surface area contributed by atoms with E-state index in [2.05, 4.69) is 34.7 Å². The van der Waals surface area contributed by atoms with Crippen molar-refractivity contribution in [2.24, 2.45) is 5.41 Å². The zero-order chi connectivity index (χ0) is 9.31. The van der Waals surface area contributed by atoms with E-state index in [1.807, 2.05) is 6.92 Å². The Bertz CT molecular complexity index is 283. The van der Waals surface area contributed by atoms with Crippen LogP contribution in [-0.2, 0) is 6.54 Å². The Balaban J connectivity index is 2.04. The summed E-state index contributed by atoms with van der Waals surface area (Å²) in [5.41, 5.74) is 1.55. The van der Waals surface area contributed by atoms with Crippen LogP contribution in [0.25, 0.3) is 0 Å². The molecule has 1 saturated carbocycles. The number of aryl methyl sites for hydroxylation is 1. The van der Waals surface area contributed by atoms with Crippen LogP contribution in [-0.4, -0.2) is 15.5 Å². The van der Waals surface area contributed by atoms with Gasteiger partial charge in [0.2, 0.25) is 0 Å². The summed E-state index contributed by atoms with van der Waals surface area (Å²) >= 11 is 4.43. The van der Waals surface area contributed by atoms with Crippen LogP contribution in [0.2, 0.25) is 0 Å². The summed E-state index contributed by atoms with van der Waals surface area (Å²) in [4.78, 5) is 0. The monoisotopic (exact) mass is 196 g/mol. The molecular formula is C10H16N2S. The van der Waals surface area contributed by atoms with Crippen molar-refractivity contribution < 1.29 is 0 Å². The van der Waals surface area contributed by atoms with E-state index in [-0.39, 0.29) is 0 Å². The van der Waals surface area contributed by atoms with Crippen LogP contribution in [0.3, 0.4) is 0 Å². The fraction of sp³-hybridized carbons (Fsp3) is 0.700. The highest BCUT2D eigenvalue weighted by Crippen LogP contribution is 2.42. The van der Waals surface area contributed by atoms with E-state index >= 15 is 0 Å². The molecule has 0 N–H and O–H groups in total. The molecule has 0 radical (unpaired) electrons. The van der Waals surface area contributed by atoms with Gasteiger partial charge in [-0.2, -0.15) is 17.7 Å². The van der Waals surface area contributed by atoms with Crippen molar-refractivity contribution >= 4 is 12.6 Å². The molecule has 1 aromatic rings. The molecule has 2 nitrogen and oxygen atoms in total. The van der Waals surface area contributed by atoms with Gasteiger partial charge in [-0.3, -0.25) is 4.68 Å². The van der Waals surface area contributed by atoms with Gasteiger partial charge in [-0.25, -0.2) is 0 Å². The van der Waals surface area contributed by atoms with Gasteiger partial charge in [-0.1, -0.05) is 6.42 Å². The third kappa shape index (κ3) is 1.75. The lowest BCUT2D eigenvalue weighted by molar-refractivity contribution is 0.132. The molecule has 2 rings (SSSR count). The topological polar surface area (TPSA) is 17.8 Å². The number of aromatic nitrogens is 2. The highest BCUT2D eigenvalue weighted by molar-refractivity contribution is 7.80. The van der Waals surface area contributed by atoms with Crippen LogP contribution < -0.4 is 0 Å². The lowest BCUT2D eigenvalue weighted by Gasteiger charge is -2.40. The summed E-state index contributed by atoms with van der Waals surface area (Å²) in [6.07, 6.45) is 6.06. The van der Waals surface area contributed by atoms with Gasteiger partial charge in [0.05, 0.1) is 5.69 Å². The van der Waals surface area contributed by atoms with Gasteiger partial charge in [0.25, 0.3) is 0 Å². The van der Waals surface area contributed by atoms with E-state index < -0.39 is 0 Å². The van der Waals surface area contributed by atoms with Gasteiger partial charge in [0.15, 0.2) is 0 Å². The lowest BCUT2D eigenvalue weighted by Crippen LogP contribution is -2.36. The molecule has 72 valence electrons. The molecule has 1 heterocycles. The minimum Gasteiger partial charge on any atom is -0.272 e. The van der Waals surface area contributed by atoms with Crippen LogP contribution in [0.5, 0.6) is 0 Å². The van der Waals surface area contributed by atoms with E-state index in [1.165, 1.54) is 19.3 Å². The quantitative estimate of drug-likeness (QED) is 0.734. The van der Waals surface area contributed by atoms with Gasteiger partial charge in [0.1, 0.15) is 0 Å². The third-order valence-electron chi connectivity index (χ3n) is 3.02.